The number of hydrogen-bond donors (Lipinski definition) is 2. The predicted molar refractivity (Wildman–Crippen MR) is 67.0 cm³/mol. The fraction of sp³-hybridized carbons (Fsp3) is 0.385. The third kappa shape index (κ3) is 2.22. The third-order valence-electron chi connectivity index (χ3n) is 3.12. The number of piperazine rings is 1. The summed E-state index contributed by atoms with van der Waals surface area (Å²) < 4.78 is 0. The summed E-state index contributed by atoms with van der Waals surface area (Å²) in [7, 11) is 0. The number of benzene rings is 1. The molecule has 0 aliphatic carbocycles. The smallest absolute Gasteiger partial charge is 0.249 e. The van der Waals surface area contributed by atoms with E-state index in [9.17, 15) is 14.7 Å². The van der Waals surface area contributed by atoms with Gasteiger partial charge in [-0.05, 0) is 19.9 Å². The molecule has 0 spiro atoms. The van der Waals surface area contributed by atoms with Crippen molar-refractivity contribution in [3.05, 3.63) is 29.8 Å². The molecule has 0 bridgehead atoms. The number of aliphatic hydroxyl groups excluding tert-OH is 1. The number of anilines is 1. The van der Waals surface area contributed by atoms with Gasteiger partial charge in [0.1, 0.15) is 6.04 Å². The quantitative estimate of drug-likeness (QED) is 0.752. The minimum atomic E-state index is -0.645. The standard InChI is InChI=1S/C13H16N2O3/c1-8-13(18)14-12(17)7-15(8)11-6-4-3-5-10(11)9(2)16/h3-6,8-9,16H,7H2,1-2H3,(H,14,17,18)/t8?,9-/m0/s1. The van der Waals surface area contributed by atoms with E-state index in [0.717, 1.165) is 5.69 Å². The lowest BCUT2D eigenvalue weighted by molar-refractivity contribution is -0.132. The first-order chi connectivity index (χ1) is 8.50. The molecule has 2 rings (SSSR count). The molecule has 1 heterocycles. The van der Waals surface area contributed by atoms with Crippen molar-refractivity contribution in [1.29, 1.82) is 0 Å². The summed E-state index contributed by atoms with van der Waals surface area (Å²) in [6, 6.07) is 6.82. The first kappa shape index (κ1) is 12.6. The Kier molecular flexibility index (Phi) is 3.34. The minimum absolute atomic E-state index is 0.122. The van der Waals surface area contributed by atoms with E-state index in [1.54, 1.807) is 24.8 Å². The van der Waals surface area contributed by atoms with Crippen molar-refractivity contribution < 1.29 is 14.7 Å². The van der Waals surface area contributed by atoms with E-state index in [1.165, 1.54) is 0 Å². The number of carbonyl (C=O) groups is 2. The molecular weight excluding hydrogens is 232 g/mol. The van der Waals surface area contributed by atoms with Crippen molar-refractivity contribution in [2.24, 2.45) is 0 Å². The zero-order valence-electron chi connectivity index (χ0n) is 10.4. The first-order valence-electron chi connectivity index (χ1n) is 5.88. The Morgan fingerprint density at radius 1 is 1.39 bits per heavy atom. The maximum Gasteiger partial charge on any atom is 0.249 e. The normalized spacial score (nSPS) is 21.7. The molecule has 5 nitrogen and oxygen atoms in total. The number of aliphatic hydroxyl groups is 1. The van der Waals surface area contributed by atoms with Crippen LogP contribution in [-0.4, -0.2) is 29.5 Å². The van der Waals surface area contributed by atoms with Crippen molar-refractivity contribution >= 4 is 17.5 Å². The highest BCUT2D eigenvalue weighted by atomic mass is 16.3. The molecule has 2 N–H and O–H groups in total. The summed E-state index contributed by atoms with van der Waals surface area (Å²) >= 11 is 0. The molecule has 1 unspecified atom stereocenters. The summed E-state index contributed by atoms with van der Waals surface area (Å²) in [5, 5.41) is 12.0. The number of para-hydroxylation sites is 1. The highest BCUT2D eigenvalue weighted by Gasteiger charge is 2.31. The van der Waals surface area contributed by atoms with E-state index in [0.29, 0.717) is 5.56 Å². The highest BCUT2D eigenvalue weighted by molar-refractivity contribution is 6.04. The summed E-state index contributed by atoms with van der Waals surface area (Å²) in [6.45, 7) is 3.52. The van der Waals surface area contributed by atoms with Gasteiger partial charge < -0.3 is 10.0 Å². The van der Waals surface area contributed by atoms with Crippen LogP contribution < -0.4 is 10.2 Å². The van der Waals surface area contributed by atoms with E-state index < -0.39 is 12.1 Å². The molecule has 96 valence electrons. The molecule has 1 saturated heterocycles. The van der Waals surface area contributed by atoms with Crippen LogP contribution in [0.2, 0.25) is 0 Å². The SMILES string of the molecule is CC1C(=O)NC(=O)CN1c1ccccc1[C@H](C)O. The molecule has 2 amide bonds. The number of hydrogen-bond acceptors (Lipinski definition) is 4. The second kappa shape index (κ2) is 4.78. The Morgan fingerprint density at radius 2 is 2.06 bits per heavy atom. The molecule has 0 radical (unpaired) electrons. The molecule has 1 fully saturated rings. The largest absolute Gasteiger partial charge is 0.389 e. The van der Waals surface area contributed by atoms with Gasteiger partial charge in [-0.2, -0.15) is 0 Å². The fourth-order valence-electron chi connectivity index (χ4n) is 2.11. The van der Waals surface area contributed by atoms with Crippen LogP contribution in [0.5, 0.6) is 0 Å². The van der Waals surface area contributed by atoms with Gasteiger partial charge in [0.2, 0.25) is 11.8 Å². The molecule has 18 heavy (non-hydrogen) atoms. The van der Waals surface area contributed by atoms with Crippen LogP contribution >= 0.6 is 0 Å². The summed E-state index contributed by atoms with van der Waals surface area (Å²) in [4.78, 5) is 24.8. The third-order valence-corrected chi connectivity index (χ3v) is 3.12. The Bertz CT molecular complexity index is 485. The van der Waals surface area contributed by atoms with Gasteiger partial charge in [-0.25, -0.2) is 0 Å². The highest BCUT2D eigenvalue weighted by Crippen LogP contribution is 2.28. The van der Waals surface area contributed by atoms with Gasteiger partial charge in [-0.15, -0.1) is 0 Å². The zero-order chi connectivity index (χ0) is 13.3. The Hall–Kier alpha value is -1.88. The average molecular weight is 248 g/mol. The monoisotopic (exact) mass is 248 g/mol. The number of carbonyl (C=O) groups excluding carboxylic acids is 2. The average Bonchev–Trinajstić information content (AvgIpc) is 2.33. The second-order valence-corrected chi connectivity index (χ2v) is 4.45. The Labute approximate surface area is 105 Å². The lowest BCUT2D eigenvalue weighted by atomic mass is 10.0. The van der Waals surface area contributed by atoms with Crippen LogP contribution in [0.3, 0.4) is 0 Å². The molecule has 1 aromatic carbocycles. The van der Waals surface area contributed by atoms with E-state index in [2.05, 4.69) is 5.32 Å². The number of rotatable bonds is 2. The molecule has 1 aromatic rings. The molecular formula is C13H16N2O3. The van der Waals surface area contributed by atoms with Crippen LogP contribution in [0, 0.1) is 0 Å². The van der Waals surface area contributed by atoms with Crippen LogP contribution in [-0.2, 0) is 9.59 Å². The summed E-state index contributed by atoms with van der Waals surface area (Å²) in [5.41, 5.74) is 1.44. The van der Waals surface area contributed by atoms with Crippen molar-refractivity contribution in [1.82, 2.24) is 5.32 Å². The molecule has 2 atom stereocenters. The van der Waals surface area contributed by atoms with Gasteiger partial charge in [0.25, 0.3) is 0 Å². The van der Waals surface area contributed by atoms with Gasteiger partial charge in [0.15, 0.2) is 0 Å². The topological polar surface area (TPSA) is 69.6 Å². The molecule has 1 aliphatic rings. The fourth-order valence-corrected chi connectivity index (χ4v) is 2.11. The summed E-state index contributed by atoms with van der Waals surface area (Å²) in [5.74, 6) is -0.634. The maximum absolute atomic E-state index is 11.6. The molecule has 0 aromatic heterocycles. The first-order valence-corrected chi connectivity index (χ1v) is 5.88. The van der Waals surface area contributed by atoms with Crippen LogP contribution in [0.1, 0.15) is 25.5 Å². The number of imide groups is 1. The lowest BCUT2D eigenvalue weighted by Crippen LogP contribution is -2.57. The van der Waals surface area contributed by atoms with Crippen molar-refractivity contribution in [2.75, 3.05) is 11.4 Å². The number of amides is 2. The van der Waals surface area contributed by atoms with E-state index >= 15 is 0 Å². The van der Waals surface area contributed by atoms with Crippen molar-refractivity contribution in [3.63, 3.8) is 0 Å². The van der Waals surface area contributed by atoms with E-state index in [-0.39, 0.29) is 18.4 Å². The lowest BCUT2D eigenvalue weighted by Gasteiger charge is -2.35. The second-order valence-electron chi connectivity index (χ2n) is 4.45. The molecule has 0 saturated carbocycles. The maximum atomic E-state index is 11.6. The summed E-state index contributed by atoms with van der Waals surface area (Å²) in [6.07, 6.45) is -0.645. The van der Waals surface area contributed by atoms with Gasteiger partial charge >= 0.3 is 0 Å². The van der Waals surface area contributed by atoms with Crippen molar-refractivity contribution in [2.45, 2.75) is 26.0 Å². The van der Waals surface area contributed by atoms with Crippen LogP contribution in [0.15, 0.2) is 24.3 Å². The minimum Gasteiger partial charge on any atom is -0.389 e. The van der Waals surface area contributed by atoms with E-state index in [4.69, 9.17) is 0 Å². The number of nitrogens with one attached hydrogen (secondary N) is 1. The van der Waals surface area contributed by atoms with Crippen molar-refractivity contribution in [3.8, 4) is 0 Å². The van der Waals surface area contributed by atoms with Gasteiger partial charge in [-0.3, -0.25) is 14.9 Å². The Balaban J connectivity index is 2.41. The van der Waals surface area contributed by atoms with Gasteiger partial charge in [-0.1, -0.05) is 18.2 Å². The zero-order valence-corrected chi connectivity index (χ0v) is 10.4. The van der Waals surface area contributed by atoms with E-state index in [1.807, 2.05) is 18.2 Å². The number of nitrogens with zero attached hydrogens (tertiary/aromatic N) is 1. The van der Waals surface area contributed by atoms with Gasteiger partial charge in [0.05, 0.1) is 12.6 Å². The van der Waals surface area contributed by atoms with Gasteiger partial charge in [0, 0.05) is 11.3 Å². The van der Waals surface area contributed by atoms with Crippen LogP contribution in [0.4, 0.5) is 5.69 Å². The molecule has 1 aliphatic heterocycles. The predicted octanol–water partition coefficient (Wildman–Crippen LogP) is 0.591. The van der Waals surface area contributed by atoms with Crippen LogP contribution in [0.25, 0.3) is 0 Å². The molecule has 5 heteroatoms. The Morgan fingerprint density at radius 3 is 2.72 bits per heavy atom.